The fraction of sp³-hybridized carbons (Fsp3) is 0.632. The number of aryl methyl sites for hydroxylation is 2. The lowest BCUT2D eigenvalue weighted by Gasteiger charge is -2.39. The molecule has 2 aromatic heterocycles. The zero-order valence-electron chi connectivity index (χ0n) is 14.5. The second kappa shape index (κ2) is 6.09. The van der Waals surface area contributed by atoms with Crippen molar-refractivity contribution in [3.05, 3.63) is 45.2 Å². The summed E-state index contributed by atoms with van der Waals surface area (Å²) in [6.45, 7) is 3.68. The number of nitrogens with zero attached hydrogens (tertiary/aromatic N) is 4. The normalized spacial score (nSPS) is 21.1. The zero-order chi connectivity index (χ0) is 16.8. The van der Waals surface area contributed by atoms with Crippen molar-refractivity contribution < 1.29 is 4.52 Å². The molecule has 3 heterocycles. The van der Waals surface area contributed by atoms with Crippen molar-refractivity contribution in [1.29, 1.82) is 0 Å². The summed E-state index contributed by atoms with van der Waals surface area (Å²) < 4.78 is 7.11. The van der Waals surface area contributed by atoms with E-state index in [-0.39, 0.29) is 5.56 Å². The third kappa shape index (κ3) is 3.03. The number of hydrogen-bond donors (Lipinski definition) is 0. The molecular formula is C19H24N4O2. The summed E-state index contributed by atoms with van der Waals surface area (Å²) in [7, 11) is 0. The molecule has 0 radical (unpaired) electrons. The van der Waals surface area contributed by atoms with E-state index in [2.05, 4.69) is 15.2 Å². The minimum absolute atomic E-state index is 0.0640. The molecule has 25 heavy (non-hydrogen) atoms. The smallest absolute Gasteiger partial charge is 0.267 e. The van der Waals surface area contributed by atoms with E-state index in [1.54, 1.807) is 4.68 Å². The third-order valence-electron chi connectivity index (χ3n) is 5.76. The highest BCUT2D eigenvalue weighted by atomic mass is 16.5. The molecule has 0 spiro atoms. The lowest BCUT2D eigenvalue weighted by molar-refractivity contribution is 0.0758. The largest absolute Gasteiger partial charge is 0.361 e. The summed E-state index contributed by atoms with van der Waals surface area (Å²) in [6.07, 6.45) is 8.74. The maximum Gasteiger partial charge on any atom is 0.267 e. The average Bonchev–Trinajstić information content (AvgIpc) is 3.32. The van der Waals surface area contributed by atoms with Gasteiger partial charge in [0.25, 0.3) is 5.56 Å². The maximum absolute atomic E-state index is 12.3. The van der Waals surface area contributed by atoms with Crippen LogP contribution in [0.2, 0.25) is 0 Å². The first-order chi connectivity index (χ1) is 12.3. The predicted octanol–water partition coefficient (Wildman–Crippen LogP) is 2.12. The first-order valence-electron chi connectivity index (χ1n) is 9.52. The molecule has 3 aliphatic rings. The molecule has 1 saturated carbocycles. The van der Waals surface area contributed by atoms with Gasteiger partial charge in [-0.3, -0.25) is 9.69 Å². The number of hydrogen-bond acceptors (Lipinski definition) is 5. The summed E-state index contributed by atoms with van der Waals surface area (Å²) in [5.74, 6) is 2.21. The summed E-state index contributed by atoms with van der Waals surface area (Å²) in [4.78, 5) is 14.7. The van der Waals surface area contributed by atoms with E-state index in [9.17, 15) is 4.79 Å². The van der Waals surface area contributed by atoms with E-state index in [1.807, 2.05) is 12.3 Å². The first kappa shape index (κ1) is 15.3. The van der Waals surface area contributed by atoms with Gasteiger partial charge in [-0.15, -0.1) is 0 Å². The number of aromatic nitrogens is 3. The van der Waals surface area contributed by atoms with Gasteiger partial charge in [0.2, 0.25) is 0 Å². The van der Waals surface area contributed by atoms with Crippen LogP contribution in [0.5, 0.6) is 0 Å². The molecule has 0 atom stereocenters. The molecule has 0 bridgehead atoms. The van der Waals surface area contributed by atoms with Gasteiger partial charge in [0.15, 0.2) is 0 Å². The summed E-state index contributed by atoms with van der Waals surface area (Å²) in [5, 5.41) is 8.62. The molecule has 2 aliphatic carbocycles. The molecule has 2 aromatic rings. The number of fused-ring (bicyclic) bond motifs is 1. The molecular weight excluding hydrogens is 316 g/mol. The monoisotopic (exact) mass is 340 g/mol. The molecule has 0 N–H and O–H groups in total. The van der Waals surface area contributed by atoms with Gasteiger partial charge in [0.05, 0.1) is 18.4 Å². The lowest BCUT2D eigenvalue weighted by atomic mass is 9.96. The second-order valence-corrected chi connectivity index (χ2v) is 7.89. The molecule has 2 fully saturated rings. The van der Waals surface area contributed by atoms with Crippen LogP contribution in [0.4, 0.5) is 0 Å². The Kier molecular flexibility index (Phi) is 3.73. The third-order valence-corrected chi connectivity index (χ3v) is 5.76. The minimum Gasteiger partial charge on any atom is -0.361 e. The van der Waals surface area contributed by atoms with Crippen molar-refractivity contribution in [3.63, 3.8) is 0 Å². The molecule has 6 nitrogen and oxygen atoms in total. The summed E-state index contributed by atoms with van der Waals surface area (Å²) in [5.41, 5.74) is 3.61. The Morgan fingerprint density at radius 3 is 2.88 bits per heavy atom. The zero-order valence-corrected chi connectivity index (χ0v) is 14.5. The Morgan fingerprint density at radius 2 is 2.04 bits per heavy atom. The average molecular weight is 340 g/mol. The van der Waals surface area contributed by atoms with Crippen molar-refractivity contribution >= 4 is 0 Å². The van der Waals surface area contributed by atoms with Crippen molar-refractivity contribution in [1.82, 2.24) is 19.8 Å². The van der Waals surface area contributed by atoms with Crippen molar-refractivity contribution in [2.24, 2.45) is 5.92 Å². The van der Waals surface area contributed by atoms with Crippen LogP contribution in [0.3, 0.4) is 0 Å². The highest BCUT2D eigenvalue weighted by Gasteiger charge is 2.33. The lowest BCUT2D eigenvalue weighted by Crippen LogP contribution is -2.49. The topological polar surface area (TPSA) is 64.2 Å². The molecule has 6 heteroatoms. The first-order valence-corrected chi connectivity index (χ1v) is 9.52. The quantitative estimate of drug-likeness (QED) is 0.834. The summed E-state index contributed by atoms with van der Waals surface area (Å²) >= 11 is 0. The van der Waals surface area contributed by atoms with E-state index in [0.717, 1.165) is 50.5 Å². The van der Waals surface area contributed by atoms with Gasteiger partial charge in [-0.2, -0.15) is 5.10 Å². The minimum atomic E-state index is 0.0640. The predicted molar refractivity (Wildman–Crippen MR) is 92.4 cm³/mol. The van der Waals surface area contributed by atoms with Crippen molar-refractivity contribution in [2.75, 3.05) is 13.1 Å². The van der Waals surface area contributed by atoms with Crippen LogP contribution in [0, 0.1) is 5.92 Å². The fourth-order valence-corrected chi connectivity index (χ4v) is 4.21. The molecule has 1 saturated heterocycles. The Labute approximate surface area is 146 Å². The van der Waals surface area contributed by atoms with Crippen molar-refractivity contribution in [3.8, 4) is 0 Å². The maximum atomic E-state index is 12.3. The second-order valence-electron chi connectivity index (χ2n) is 7.89. The van der Waals surface area contributed by atoms with Crippen molar-refractivity contribution in [2.45, 2.75) is 57.5 Å². The van der Waals surface area contributed by atoms with Gasteiger partial charge < -0.3 is 4.52 Å². The van der Waals surface area contributed by atoms with E-state index in [1.165, 1.54) is 36.8 Å². The Hall–Kier alpha value is -1.95. The van der Waals surface area contributed by atoms with Crippen LogP contribution in [0.15, 0.2) is 21.6 Å². The Morgan fingerprint density at radius 1 is 1.20 bits per heavy atom. The van der Waals surface area contributed by atoms with Crippen LogP contribution < -0.4 is 5.56 Å². The van der Waals surface area contributed by atoms with Gasteiger partial charge in [0, 0.05) is 43.1 Å². The molecule has 5 rings (SSSR count). The number of likely N-dealkylation sites (tertiary alicyclic amines) is 1. The van der Waals surface area contributed by atoms with Crippen LogP contribution in [0.1, 0.15) is 54.2 Å². The molecule has 0 amide bonds. The molecule has 132 valence electrons. The molecule has 0 unspecified atom stereocenters. The van der Waals surface area contributed by atoms with E-state index in [4.69, 9.17) is 4.52 Å². The number of rotatable bonds is 5. The van der Waals surface area contributed by atoms with Gasteiger partial charge in [-0.1, -0.05) is 5.16 Å². The van der Waals surface area contributed by atoms with Crippen LogP contribution >= 0.6 is 0 Å². The van der Waals surface area contributed by atoms with Gasteiger partial charge >= 0.3 is 0 Å². The Balaban J connectivity index is 1.20. The SMILES string of the molecule is O=c1cc2c(nn1CC1CN(Cc3cnoc3C3CC3)C1)CCCC2. The highest BCUT2D eigenvalue weighted by Crippen LogP contribution is 2.42. The van der Waals surface area contributed by atoms with Gasteiger partial charge in [-0.25, -0.2) is 4.68 Å². The van der Waals surface area contributed by atoms with Crippen LogP contribution in [-0.4, -0.2) is 32.9 Å². The fourth-order valence-electron chi connectivity index (χ4n) is 4.21. The van der Waals surface area contributed by atoms with E-state index in [0.29, 0.717) is 11.8 Å². The van der Waals surface area contributed by atoms with E-state index >= 15 is 0 Å². The Bertz CT molecular complexity index is 830. The van der Waals surface area contributed by atoms with E-state index < -0.39 is 0 Å². The van der Waals surface area contributed by atoms with Gasteiger partial charge in [-0.05, 0) is 44.1 Å². The highest BCUT2D eigenvalue weighted by molar-refractivity contribution is 5.22. The molecule has 1 aliphatic heterocycles. The molecule has 0 aromatic carbocycles. The standard InChI is InChI=1S/C19H24N4O2/c24-18-7-15-3-1-2-4-17(15)21-23(18)11-13-9-22(10-13)12-16-8-20-25-19(16)14-5-6-14/h7-8,13-14H,1-6,9-12H2. The summed E-state index contributed by atoms with van der Waals surface area (Å²) in [6, 6.07) is 1.82. The van der Waals surface area contributed by atoms with Crippen LogP contribution in [-0.2, 0) is 25.9 Å². The van der Waals surface area contributed by atoms with Crippen LogP contribution in [0.25, 0.3) is 0 Å². The van der Waals surface area contributed by atoms with Gasteiger partial charge in [0.1, 0.15) is 5.76 Å².